The molecule has 0 atom stereocenters. The van der Waals surface area contributed by atoms with Crippen LogP contribution in [0, 0.1) is 6.92 Å². The summed E-state index contributed by atoms with van der Waals surface area (Å²) >= 11 is 0. The topological polar surface area (TPSA) is 52.0 Å². The van der Waals surface area contributed by atoms with Crippen LogP contribution in [0.25, 0.3) is 16.4 Å². The van der Waals surface area contributed by atoms with Gasteiger partial charge in [-0.2, -0.15) is 18.3 Å². The fraction of sp³-hybridized carbons (Fsp3) is 0.490. The van der Waals surface area contributed by atoms with Gasteiger partial charge in [-0.15, -0.1) is 29.1 Å². The number of nitrogens with one attached hydrogen (secondary N) is 1. The molecule has 0 aliphatic rings. The van der Waals surface area contributed by atoms with Crippen molar-refractivity contribution in [3.63, 3.8) is 0 Å². The van der Waals surface area contributed by atoms with Crippen molar-refractivity contribution in [2.24, 2.45) is 0 Å². The van der Waals surface area contributed by atoms with E-state index in [-0.39, 0.29) is 38.2 Å². The molecular weight excluding hydrogens is 689 g/mol. The molecule has 0 heterocycles. The van der Waals surface area contributed by atoms with Crippen molar-refractivity contribution < 1.29 is 16.5 Å². The first-order valence-electron chi connectivity index (χ1n) is 19.6. The van der Waals surface area contributed by atoms with Crippen molar-refractivity contribution in [2.45, 2.75) is 157 Å². The van der Waals surface area contributed by atoms with Crippen LogP contribution in [0.2, 0.25) is 0 Å². The third-order valence-electron chi connectivity index (χ3n) is 9.76. The van der Waals surface area contributed by atoms with Crippen molar-refractivity contribution in [3.8, 4) is 0 Å². The summed E-state index contributed by atoms with van der Waals surface area (Å²) in [5.74, 6) is 0. The summed E-state index contributed by atoms with van der Waals surface area (Å²) < 4.78 is 0. The van der Waals surface area contributed by atoms with Crippen molar-refractivity contribution in [3.05, 3.63) is 135 Å². The Morgan fingerprint density at radius 1 is 0.509 bits per heavy atom. The first-order chi connectivity index (χ1) is 24.1. The average Bonchev–Trinajstić information content (AvgIpc) is 3.04. The molecule has 294 valence electrons. The molecule has 0 bridgehead atoms. The molecule has 0 fully saturated rings. The first-order valence-corrected chi connectivity index (χ1v) is 19.6. The maximum Gasteiger partial charge on any atom is 0 e. The Bertz CT molecular complexity index is 1630. The van der Waals surface area contributed by atoms with Gasteiger partial charge in [-0.1, -0.05) is 198 Å². The molecule has 0 aliphatic carbocycles. The molecule has 4 aromatic carbocycles. The minimum absolute atomic E-state index is 0. The zero-order chi connectivity index (χ0) is 39.1. The van der Waals surface area contributed by atoms with Gasteiger partial charge in [-0.05, 0) is 47.5 Å². The molecule has 0 spiro atoms. The molecule has 0 unspecified atom stereocenters. The van der Waals surface area contributed by atoms with Crippen LogP contribution in [0.4, 0.5) is 28.4 Å². The van der Waals surface area contributed by atoms with E-state index in [0.717, 1.165) is 53.1 Å². The van der Waals surface area contributed by atoms with Crippen LogP contribution in [0.3, 0.4) is 0 Å². The van der Waals surface area contributed by atoms with Crippen LogP contribution in [-0.4, -0.2) is 0 Å². The van der Waals surface area contributed by atoms with Gasteiger partial charge in [0.15, 0.2) is 0 Å². The second-order valence-electron chi connectivity index (χ2n) is 18.6. The zero-order valence-electron chi connectivity index (χ0n) is 35.6. The van der Waals surface area contributed by atoms with Gasteiger partial charge in [-0.3, -0.25) is 0 Å². The Balaban J connectivity index is 0.000000360. The summed E-state index contributed by atoms with van der Waals surface area (Å²) in [7, 11) is 0. The van der Waals surface area contributed by atoms with Crippen molar-refractivity contribution in [1.82, 2.24) is 0 Å². The normalized spacial score (nSPS) is 12.0. The largest absolute Gasteiger partial charge is 0.715 e. The van der Waals surface area contributed by atoms with Gasteiger partial charge < -0.3 is 16.4 Å². The van der Waals surface area contributed by atoms with E-state index in [2.05, 4.69) is 171 Å². The Labute approximate surface area is 335 Å². The van der Waals surface area contributed by atoms with Gasteiger partial charge in [0.2, 0.25) is 0 Å². The third-order valence-corrected chi connectivity index (χ3v) is 9.76. The Hall–Kier alpha value is -3.36. The predicted octanol–water partition coefficient (Wildman–Crippen LogP) is 16.8. The van der Waals surface area contributed by atoms with Crippen LogP contribution in [-0.2, 0) is 51.0 Å². The number of hydrogen-bond acceptors (Lipinski definition) is 0. The Morgan fingerprint density at radius 3 is 1.28 bits per heavy atom. The monoisotopic (exact) mass is 757 g/mol. The van der Waals surface area contributed by atoms with E-state index in [1.54, 1.807) is 0 Å². The summed E-state index contributed by atoms with van der Waals surface area (Å²) in [6.45, 7) is 35.6. The molecule has 0 aromatic heterocycles. The molecule has 1 N–H and O–H groups in total. The average molecular weight is 759 g/mol. The molecule has 3 nitrogen and oxygen atoms in total. The third kappa shape index (κ3) is 12.9. The first kappa shape index (κ1) is 45.8. The molecule has 0 aliphatic heterocycles. The fourth-order valence-electron chi connectivity index (χ4n) is 6.25. The van der Waals surface area contributed by atoms with Crippen molar-refractivity contribution in [1.29, 1.82) is 0 Å². The number of nitrogens with zero attached hydrogens (tertiary/aromatic N) is 2. The number of hydrogen-bond donors (Lipinski definition) is 0. The van der Waals surface area contributed by atoms with Gasteiger partial charge in [0.1, 0.15) is 0 Å². The molecule has 0 saturated carbocycles. The maximum absolute atomic E-state index is 8.77. The molecule has 0 amide bonds. The smallest absolute Gasteiger partial charge is 0 e. The zero-order valence-corrected chi connectivity index (χ0v) is 36.6. The van der Waals surface area contributed by atoms with Gasteiger partial charge in [0.05, 0.1) is 0 Å². The number of para-hydroxylation sites is 2. The number of unbranched alkanes of at least 4 members (excludes halogenated alkanes) is 2. The van der Waals surface area contributed by atoms with Gasteiger partial charge in [0.25, 0.3) is 0 Å². The van der Waals surface area contributed by atoms with E-state index in [1.165, 1.54) is 47.1 Å². The summed E-state index contributed by atoms with van der Waals surface area (Å²) in [6.07, 6.45) is 6.84. The molecule has 0 radical (unpaired) electrons. The summed E-state index contributed by atoms with van der Waals surface area (Å²) in [4.78, 5) is 0. The van der Waals surface area contributed by atoms with Crippen LogP contribution >= 0.6 is 0 Å². The number of rotatable bonds is 10. The Morgan fingerprint density at radius 2 is 0.887 bits per heavy atom. The summed E-state index contributed by atoms with van der Waals surface area (Å²) in [6, 6.07) is 25.7. The van der Waals surface area contributed by atoms with Crippen LogP contribution < -0.4 is 0 Å². The second kappa shape index (κ2) is 18.8. The molecular formula is C49H69N3Ni-4. The quantitative estimate of drug-likeness (QED) is 0.114. The van der Waals surface area contributed by atoms with E-state index >= 15 is 0 Å². The van der Waals surface area contributed by atoms with E-state index in [4.69, 9.17) is 16.4 Å². The molecule has 0 saturated heterocycles. The number of benzene rings is 4. The summed E-state index contributed by atoms with van der Waals surface area (Å²) in [5.41, 5.74) is 21.8. The fourth-order valence-corrected chi connectivity index (χ4v) is 6.25. The maximum atomic E-state index is 8.77. The van der Waals surface area contributed by atoms with Crippen molar-refractivity contribution >= 4 is 28.4 Å². The standard InChI is InChI=1S/C25H35N.C24H34N2.Ni/c1-9-10-13-19-14-11-12-15-22(19)26-23-17-20(24(3,4)5)16-21(18(23)2)25(6,7)8;1-8-9-12-17-13-10-11-14-20(17)26-21-16-18(23(2,3)4)15-19(22(21)25)24(5,6)7;/h11-12,14-17H,2,9-10,13H2,1,3-8H3;10-11,13-16,25H,8-9,12H2,1-7H3;/q2*-2;. The molecule has 4 heteroatoms. The number of aryl methyl sites for hydroxylation is 2. The Kier molecular flexibility index (Phi) is 16.2. The molecule has 53 heavy (non-hydrogen) atoms. The van der Waals surface area contributed by atoms with Crippen LogP contribution in [0.15, 0.2) is 72.8 Å². The van der Waals surface area contributed by atoms with E-state index in [1.807, 2.05) is 6.07 Å². The predicted molar refractivity (Wildman–Crippen MR) is 232 cm³/mol. The van der Waals surface area contributed by atoms with Gasteiger partial charge in [-0.25, -0.2) is 11.3 Å². The van der Waals surface area contributed by atoms with Gasteiger partial charge >= 0.3 is 0 Å². The van der Waals surface area contributed by atoms with E-state index < -0.39 is 0 Å². The SMILES string of the molecule is CCCCc1ccccc1[N-]c1cc(C(C)(C)C)cc(C(C)(C)C)c1[NH-].[CH2-]c1c([N-]c2ccccc2CCCC)cc(C(C)(C)C)cc1C(C)(C)C.[Ni]. The van der Waals surface area contributed by atoms with Crippen molar-refractivity contribution in [2.75, 3.05) is 0 Å². The van der Waals surface area contributed by atoms with Crippen LogP contribution in [0.5, 0.6) is 0 Å². The minimum Gasteiger partial charge on any atom is -0.715 e. The molecule has 4 rings (SSSR count). The minimum atomic E-state index is -0.0790. The van der Waals surface area contributed by atoms with E-state index in [9.17, 15) is 0 Å². The van der Waals surface area contributed by atoms with E-state index in [0.29, 0.717) is 5.69 Å². The van der Waals surface area contributed by atoms with Gasteiger partial charge in [0, 0.05) is 16.5 Å². The summed E-state index contributed by atoms with van der Waals surface area (Å²) in [5, 5.41) is 10.0. The molecule has 4 aromatic rings. The second-order valence-corrected chi connectivity index (χ2v) is 18.6. The van der Waals surface area contributed by atoms with Crippen LogP contribution in [0.1, 0.15) is 162 Å².